The topological polar surface area (TPSA) is 130 Å². The Hall–Kier alpha value is -4.71. The predicted octanol–water partition coefficient (Wildman–Crippen LogP) is 3.10. The summed E-state index contributed by atoms with van der Waals surface area (Å²) >= 11 is 0. The van der Waals surface area contributed by atoms with E-state index in [1.165, 1.54) is 12.4 Å². The van der Waals surface area contributed by atoms with E-state index in [9.17, 15) is 14.8 Å². The standard InChI is InChI=1S/C22H15N5O4/c1-31-22(29)17-18(19-20(25-11-10-24-19)27(30)21(17)28)26-16-8-6-15(7-9-16)14-4-2-13(12-23)3-5-14/h2-11,26,30H,1H3. The van der Waals surface area contributed by atoms with Gasteiger partial charge in [0.2, 0.25) is 5.65 Å². The van der Waals surface area contributed by atoms with Gasteiger partial charge in [-0.05, 0) is 35.4 Å². The minimum absolute atomic E-state index is 0.0800. The van der Waals surface area contributed by atoms with Gasteiger partial charge >= 0.3 is 11.5 Å². The quantitative estimate of drug-likeness (QED) is 0.386. The number of aromatic nitrogens is 3. The minimum Gasteiger partial charge on any atom is -0.465 e. The molecule has 2 aromatic heterocycles. The molecule has 4 rings (SSSR count). The van der Waals surface area contributed by atoms with Crippen LogP contribution in [0.3, 0.4) is 0 Å². The number of fused-ring (bicyclic) bond motifs is 1. The molecule has 0 aliphatic carbocycles. The van der Waals surface area contributed by atoms with Crippen molar-refractivity contribution in [2.24, 2.45) is 0 Å². The fraction of sp³-hybridized carbons (Fsp3) is 0.0455. The zero-order valence-electron chi connectivity index (χ0n) is 16.2. The first-order valence-corrected chi connectivity index (χ1v) is 9.08. The van der Waals surface area contributed by atoms with Crippen molar-refractivity contribution in [3.63, 3.8) is 0 Å². The molecule has 0 saturated carbocycles. The van der Waals surface area contributed by atoms with Crippen LogP contribution < -0.4 is 10.9 Å². The van der Waals surface area contributed by atoms with E-state index < -0.39 is 17.1 Å². The van der Waals surface area contributed by atoms with Crippen LogP contribution >= 0.6 is 0 Å². The van der Waals surface area contributed by atoms with Gasteiger partial charge in [-0.15, -0.1) is 4.73 Å². The molecule has 0 aliphatic heterocycles. The van der Waals surface area contributed by atoms with Crippen molar-refractivity contribution in [3.05, 3.63) is 82.4 Å². The molecule has 0 amide bonds. The number of hydrogen-bond acceptors (Lipinski definition) is 8. The van der Waals surface area contributed by atoms with Gasteiger partial charge < -0.3 is 15.3 Å². The van der Waals surface area contributed by atoms with Crippen LogP contribution in [0.2, 0.25) is 0 Å². The Morgan fingerprint density at radius 3 is 2.29 bits per heavy atom. The number of rotatable bonds is 4. The molecule has 0 bridgehead atoms. The van der Waals surface area contributed by atoms with Crippen LogP contribution in [0.4, 0.5) is 11.4 Å². The normalized spacial score (nSPS) is 10.5. The summed E-state index contributed by atoms with van der Waals surface area (Å²) in [4.78, 5) is 33.0. The molecule has 0 fully saturated rings. The number of anilines is 2. The van der Waals surface area contributed by atoms with Crippen molar-refractivity contribution in [3.8, 4) is 17.2 Å². The molecule has 0 unspecified atom stereocenters. The summed E-state index contributed by atoms with van der Waals surface area (Å²) in [6.45, 7) is 0. The third-order valence-electron chi connectivity index (χ3n) is 4.66. The number of hydrogen-bond donors (Lipinski definition) is 2. The predicted molar refractivity (Wildman–Crippen MR) is 112 cm³/mol. The lowest BCUT2D eigenvalue weighted by atomic mass is 10.0. The number of carbonyl (C=O) groups is 1. The van der Waals surface area contributed by atoms with Crippen molar-refractivity contribution in [1.82, 2.24) is 14.7 Å². The highest BCUT2D eigenvalue weighted by Gasteiger charge is 2.24. The fourth-order valence-corrected chi connectivity index (χ4v) is 3.13. The molecule has 2 aromatic carbocycles. The van der Waals surface area contributed by atoms with Crippen LogP contribution in [0.1, 0.15) is 15.9 Å². The average Bonchev–Trinajstić information content (AvgIpc) is 2.82. The average molecular weight is 413 g/mol. The number of nitriles is 1. The van der Waals surface area contributed by atoms with E-state index in [1.807, 2.05) is 24.3 Å². The van der Waals surface area contributed by atoms with Gasteiger partial charge in [0.25, 0.3) is 0 Å². The third-order valence-corrected chi connectivity index (χ3v) is 4.66. The highest BCUT2D eigenvalue weighted by molar-refractivity contribution is 6.03. The SMILES string of the molecule is COC(=O)c1c(Nc2ccc(-c3ccc(C#N)cc3)cc2)c2nccnc2n(O)c1=O. The summed E-state index contributed by atoms with van der Waals surface area (Å²) in [6, 6.07) is 16.5. The Kier molecular flexibility index (Phi) is 5.03. The summed E-state index contributed by atoms with van der Waals surface area (Å²) in [5.74, 6) is -0.919. The second-order valence-corrected chi connectivity index (χ2v) is 6.48. The Bertz CT molecular complexity index is 1390. The molecule has 31 heavy (non-hydrogen) atoms. The van der Waals surface area contributed by atoms with Gasteiger partial charge in [-0.25, -0.2) is 14.8 Å². The summed E-state index contributed by atoms with van der Waals surface area (Å²) in [5, 5.41) is 22.1. The molecule has 9 heteroatoms. The lowest BCUT2D eigenvalue weighted by molar-refractivity contribution is 0.0594. The molecule has 0 radical (unpaired) electrons. The van der Waals surface area contributed by atoms with E-state index in [0.29, 0.717) is 11.3 Å². The number of methoxy groups -OCH3 is 1. The van der Waals surface area contributed by atoms with Gasteiger partial charge in [0, 0.05) is 18.1 Å². The first-order valence-electron chi connectivity index (χ1n) is 9.08. The van der Waals surface area contributed by atoms with Crippen LogP contribution in [0.25, 0.3) is 22.3 Å². The smallest absolute Gasteiger partial charge is 0.345 e. The number of nitrogens with one attached hydrogen (secondary N) is 1. The monoisotopic (exact) mass is 413 g/mol. The van der Waals surface area contributed by atoms with Crippen LogP contribution in [-0.4, -0.2) is 33.0 Å². The first-order chi connectivity index (χ1) is 15.0. The molecule has 2 heterocycles. The van der Waals surface area contributed by atoms with Crippen molar-refractivity contribution < 1.29 is 14.7 Å². The van der Waals surface area contributed by atoms with Gasteiger partial charge in [-0.3, -0.25) is 4.79 Å². The Morgan fingerprint density at radius 2 is 1.68 bits per heavy atom. The second-order valence-electron chi connectivity index (χ2n) is 6.48. The van der Waals surface area contributed by atoms with Crippen LogP contribution in [0, 0.1) is 11.3 Å². The molecule has 9 nitrogen and oxygen atoms in total. The summed E-state index contributed by atoms with van der Waals surface area (Å²) in [6.07, 6.45) is 2.70. The van der Waals surface area contributed by atoms with Crippen molar-refractivity contribution in [2.75, 3.05) is 12.4 Å². The van der Waals surface area contributed by atoms with E-state index in [0.717, 1.165) is 18.2 Å². The molecule has 0 aliphatic rings. The van der Waals surface area contributed by atoms with Gasteiger partial charge in [0.1, 0.15) is 5.52 Å². The summed E-state index contributed by atoms with van der Waals surface area (Å²) in [5.41, 5.74) is 1.73. The molecular formula is C22H15N5O4. The number of esters is 1. The second kappa shape index (κ2) is 7.96. The number of ether oxygens (including phenoxy) is 1. The lowest BCUT2D eigenvalue weighted by Gasteiger charge is -2.14. The van der Waals surface area contributed by atoms with Gasteiger partial charge in [-0.1, -0.05) is 24.3 Å². The molecular weight excluding hydrogens is 398 g/mol. The highest BCUT2D eigenvalue weighted by atomic mass is 16.5. The van der Waals surface area contributed by atoms with E-state index >= 15 is 0 Å². The van der Waals surface area contributed by atoms with Crippen molar-refractivity contribution in [2.45, 2.75) is 0 Å². The van der Waals surface area contributed by atoms with Gasteiger partial charge in [0.15, 0.2) is 5.56 Å². The molecule has 0 saturated heterocycles. The van der Waals surface area contributed by atoms with Crippen molar-refractivity contribution in [1.29, 1.82) is 5.26 Å². The lowest BCUT2D eigenvalue weighted by Crippen LogP contribution is -2.28. The van der Waals surface area contributed by atoms with Crippen LogP contribution in [0.15, 0.2) is 65.7 Å². The fourth-order valence-electron chi connectivity index (χ4n) is 3.13. The maximum Gasteiger partial charge on any atom is 0.345 e. The Balaban J connectivity index is 1.77. The summed E-state index contributed by atoms with van der Waals surface area (Å²) in [7, 11) is 1.14. The molecule has 2 N–H and O–H groups in total. The number of benzene rings is 2. The van der Waals surface area contributed by atoms with E-state index in [4.69, 9.17) is 10.00 Å². The molecule has 4 aromatic rings. The molecule has 0 atom stereocenters. The first kappa shape index (κ1) is 19.6. The zero-order valence-corrected chi connectivity index (χ0v) is 16.2. The summed E-state index contributed by atoms with van der Waals surface area (Å²) < 4.78 is 4.99. The zero-order chi connectivity index (χ0) is 22.0. The van der Waals surface area contributed by atoms with Crippen LogP contribution in [0.5, 0.6) is 0 Å². The minimum atomic E-state index is -0.975. The van der Waals surface area contributed by atoms with E-state index in [-0.39, 0.29) is 21.6 Å². The highest BCUT2D eigenvalue weighted by Crippen LogP contribution is 2.28. The van der Waals surface area contributed by atoms with Gasteiger partial charge in [0.05, 0.1) is 24.4 Å². The largest absolute Gasteiger partial charge is 0.465 e. The number of pyridine rings is 1. The van der Waals surface area contributed by atoms with Gasteiger partial charge in [-0.2, -0.15) is 5.26 Å². The maximum absolute atomic E-state index is 12.6. The number of carbonyl (C=O) groups excluding carboxylic acids is 1. The van der Waals surface area contributed by atoms with Crippen molar-refractivity contribution >= 4 is 28.5 Å². The van der Waals surface area contributed by atoms with E-state index in [2.05, 4.69) is 21.4 Å². The van der Waals surface area contributed by atoms with Crippen LogP contribution in [-0.2, 0) is 4.74 Å². The third kappa shape index (κ3) is 3.54. The molecule has 152 valence electrons. The maximum atomic E-state index is 12.6. The Morgan fingerprint density at radius 1 is 1.06 bits per heavy atom. The van der Waals surface area contributed by atoms with E-state index in [1.54, 1.807) is 24.3 Å². The molecule has 0 spiro atoms. The number of nitrogens with zero attached hydrogens (tertiary/aromatic N) is 4. The Labute approximate surface area is 175 Å².